The van der Waals surface area contributed by atoms with Crippen molar-refractivity contribution in [3.8, 4) is 0 Å². The molecule has 0 aliphatic rings. The highest BCUT2D eigenvalue weighted by molar-refractivity contribution is 9.10. The minimum Gasteiger partial charge on any atom is -0.380 e. The van der Waals surface area contributed by atoms with Gasteiger partial charge in [0.2, 0.25) is 0 Å². The molecule has 0 spiro atoms. The molecule has 1 atom stereocenters. The molecule has 0 saturated carbocycles. The Hall–Kier alpha value is -1.26. The SMILES string of the molecule is Cc1ccc(C(C)(O)c2c(F)ccc(Br)c2F)cc1. The first-order valence-electron chi connectivity index (χ1n) is 5.77. The molecule has 0 aliphatic heterocycles. The smallest absolute Gasteiger partial charge is 0.146 e. The Morgan fingerprint density at radius 2 is 1.63 bits per heavy atom. The van der Waals surface area contributed by atoms with Gasteiger partial charge in [-0.25, -0.2) is 8.78 Å². The van der Waals surface area contributed by atoms with E-state index in [9.17, 15) is 13.9 Å². The summed E-state index contributed by atoms with van der Waals surface area (Å²) in [6.45, 7) is 3.28. The van der Waals surface area contributed by atoms with E-state index in [0.29, 0.717) is 5.56 Å². The van der Waals surface area contributed by atoms with Gasteiger partial charge in [-0.2, -0.15) is 0 Å². The zero-order valence-corrected chi connectivity index (χ0v) is 12.1. The van der Waals surface area contributed by atoms with E-state index >= 15 is 0 Å². The van der Waals surface area contributed by atoms with Crippen LogP contribution < -0.4 is 0 Å². The van der Waals surface area contributed by atoms with E-state index in [-0.39, 0.29) is 10.0 Å². The Labute approximate surface area is 119 Å². The van der Waals surface area contributed by atoms with Crippen molar-refractivity contribution in [3.05, 3.63) is 69.2 Å². The van der Waals surface area contributed by atoms with Crippen molar-refractivity contribution >= 4 is 15.9 Å². The molecule has 100 valence electrons. The van der Waals surface area contributed by atoms with Crippen molar-refractivity contribution in [1.82, 2.24) is 0 Å². The van der Waals surface area contributed by atoms with Crippen molar-refractivity contribution < 1.29 is 13.9 Å². The molecule has 0 aliphatic carbocycles. The van der Waals surface area contributed by atoms with Crippen LogP contribution in [0.4, 0.5) is 8.78 Å². The Morgan fingerprint density at radius 1 is 1.05 bits per heavy atom. The maximum atomic E-state index is 14.1. The van der Waals surface area contributed by atoms with Gasteiger partial charge in [-0.1, -0.05) is 29.8 Å². The number of aliphatic hydroxyl groups is 1. The molecule has 2 rings (SSSR count). The van der Waals surface area contributed by atoms with E-state index in [2.05, 4.69) is 15.9 Å². The van der Waals surface area contributed by atoms with Crippen molar-refractivity contribution in [2.75, 3.05) is 0 Å². The standard InChI is InChI=1S/C15H13BrF2O/c1-9-3-5-10(6-4-9)15(2,19)13-12(17)8-7-11(16)14(13)18/h3-8,19H,1-2H3. The van der Waals surface area contributed by atoms with Gasteiger partial charge in [-0.05, 0) is 47.5 Å². The summed E-state index contributed by atoms with van der Waals surface area (Å²) in [7, 11) is 0. The van der Waals surface area contributed by atoms with Crippen LogP contribution in [0.5, 0.6) is 0 Å². The van der Waals surface area contributed by atoms with Gasteiger partial charge in [0.25, 0.3) is 0 Å². The Bertz CT molecular complexity index is 606. The predicted octanol–water partition coefficient (Wildman–Crippen LogP) is 4.29. The Morgan fingerprint density at radius 3 is 2.21 bits per heavy atom. The number of halogens is 3. The third kappa shape index (κ3) is 2.55. The van der Waals surface area contributed by atoms with E-state index in [0.717, 1.165) is 11.6 Å². The molecule has 0 amide bonds. The number of aryl methyl sites for hydroxylation is 1. The number of benzene rings is 2. The van der Waals surface area contributed by atoms with Crippen molar-refractivity contribution in [1.29, 1.82) is 0 Å². The average Bonchev–Trinajstić information content (AvgIpc) is 2.34. The van der Waals surface area contributed by atoms with Crippen LogP contribution in [0.1, 0.15) is 23.6 Å². The highest BCUT2D eigenvalue weighted by Crippen LogP contribution is 2.35. The zero-order valence-electron chi connectivity index (χ0n) is 10.5. The molecule has 1 N–H and O–H groups in total. The summed E-state index contributed by atoms with van der Waals surface area (Å²) in [4.78, 5) is 0. The fourth-order valence-corrected chi connectivity index (χ4v) is 2.33. The van der Waals surface area contributed by atoms with Crippen molar-refractivity contribution in [2.45, 2.75) is 19.4 Å². The molecule has 1 unspecified atom stereocenters. The summed E-state index contributed by atoms with van der Waals surface area (Å²) < 4.78 is 28.1. The van der Waals surface area contributed by atoms with Gasteiger partial charge in [0.15, 0.2) is 0 Å². The molecule has 0 heterocycles. The molecule has 0 saturated heterocycles. The molecule has 19 heavy (non-hydrogen) atoms. The lowest BCUT2D eigenvalue weighted by Crippen LogP contribution is -2.26. The van der Waals surface area contributed by atoms with Gasteiger partial charge >= 0.3 is 0 Å². The summed E-state index contributed by atoms with van der Waals surface area (Å²) >= 11 is 3.00. The first-order chi connectivity index (χ1) is 8.84. The van der Waals surface area contributed by atoms with E-state index in [1.807, 2.05) is 6.92 Å². The summed E-state index contributed by atoms with van der Waals surface area (Å²) in [6, 6.07) is 9.31. The summed E-state index contributed by atoms with van der Waals surface area (Å²) in [6.07, 6.45) is 0. The van der Waals surface area contributed by atoms with Crippen LogP contribution in [0.3, 0.4) is 0 Å². The molecular weight excluding hydrogens is 314 g/mol. The molecule has 2 aromatic rings. The van der Waals surface area contributed by atoms with Gasteiger partial charge in [0, 0.05) is 0 Å². The lowest BCUT2D eigenvalue weighted by molar-refractivity contribution is 0.0932. The van der Waals surface area contributed by atoms with Gasteiger partial charge in [0.05, 0.1) is 10.0 Å². The van der Waals surface area contributed by atoms with Gasteiger partial charge in [0.1, 0.15) is 17.2 Å². The summed E-state index contributed by atoms with van der Waals surface area (Å²) in [5.74, 6) is -1.56. The van der Waals surface area contributed by atoms with Crippen LogP contribution in [-0.4, -0.2) is 5.11 Å². The van der Waals surface area contributed by atoms with E-state index in [1.54, 1.807) is 24.3 Å². The zero-order chi connectivity index (χ0) is 14.2. The van der Waals surface area contributed by atoms with Gasteiger partial charge in [-0.3, -0.25) is 0 Å². The minimum absolute atomic E-state index is 0.122. The third-order valence-corrected chi connectivity index (χ3v) is 3.76. The summed E-state index contributed by atoms with van der Waals surface area (Å²) in [5.41, 5.74) is -0.638. The quantitative estimate of drug-likeness (QED) is 0.816. The second kappa shape index (κ2) is 5.02. The van der Waals surface area contributed by atoms with Crippen LogP contribution >= 0.6 is 15.9 Å². The van der Waals surface area contributed by atoms with Crippen LogP contribution in [0.15, 0.2) is 40.9 Å². The number of rotatable bonds is 2. The fourth-order valence-electron chi connectivity index (χ4n) is 2.00. The van der Waals surface area contributed by atoms with Crippen molar-refractivity contribution in [2.24, 2.45) is 0 Å². The number of hydrogen-bond donors (Lipinski definition) is 1. The molecule has 1 nitrogen and oxygen atoms in total. The maximum Gasteiger partial charge on any atom is 0.146 e. The van der Waals surface area contributed by atoms with E-state index < -0.39 is 17.2 Å². The average molecular weight is 327 g/mol. The van der Waals surface area contributed by atoms with Crippen LogP contribution in [0.2, 0.25) is 0 Å². The molecular formula is C15H13BrF2O. The first kappa shape index (κ1) is 14.2. The normalized spacial score (nSPS) is 14.2. The lowest BCUT2D eigenvalue weighted by Gasteiger charge is -2.26. The molecule has 0 bridgehead atoms. The molecule has 2 aromatic carbocycles. The van der Waals surface area contributed by atoms with Crippen LogP contribution in [0, 0.1) is 18.6 Å². The molecule has 0 radical (unpaired) electrons. The monoisotopic (exact) mass is 326 g/mol. The van der Waals surface area contributed by atoms with E-state index in [1.165, 1.54) is 13.0 Å². The molecule has 0 aromatic heterocycles. The van der Waals surface area contributed by atoms with E-state index in [4.69, 9.17) is 0 Å². The van der Waals surface area contributed by atoms with Gasteiger partial charge in [-0.15, -0.1) is 0 Å². The summed E-state index contributed by atoms with van der Waals surface area (Å²) in [5, 5.41) is 10.5. The second-order valence-electron chi connectivity index (χ2n) is 4.66. The largest absolute Gasteiger partial charge is 0.380 e. The Balaban J connectivity index is 2.62. The van der Waals surface area contributed by atoms with Crippen LogP contribution in [0.25, 0.3) is 0 Å². The lowest BCUT2D eigenvalue weighted by atomic mass is 9.87. The van der Waals surface area contributed by atoms with Crippen LogP contribution in [-0.2, 0) is 5.60 Å². The maximum absolute atomic E-state index is 14.1. The molecule has 0 fully saturated rings. The first-order valence-corrected chi connectivity index (χ1v) is 6.57. The highest BCUT2D eigenvalue weighted by atomic mass is 79.9. The highest BCUT2D eigenvalue weighted by Gasteiger charge is 2.33. The molecule has 4 heteroatoms. The van der Waals surface area contributed by atoms with Gasteiger partial charge < -0.3 is 5.11 Å². The predicted molar refractivity (Wildman–Crippen MR) is 73.9 cm³/mol. The number of hydrogen-bond acceptors (Lipinski definition) is 1. The minimum atomic E-state index is -1.73. The second-order valence-corrected chi connectivity index (χ2v) is 5.51. The topological polar surface area (TPSA) is 20.2 Å². The van der Waals surface area contributed by atoms with Crippen molar-refractivity contribution in [3.63, 3.8) is 0 Å². The fraction of sp³-hybridized carbons (Fsp3) is 0.200. The Kier molecular flexibility index (Phi) is 3.74. The third-order valence-electron chi connectivity index (χ3n) is 3.14.